The number of amides is 1. The molecule has 1 aromatic heterocycles. The first-order valence-corrected chi connectivity index (χ1v) is 11.7. The molecule has 0 saturated carbocycles. The Morgan fingerprint density at radius 1 is 1.13 bits per heavy atom. The molecule has 3 aromatic rings. The number of anilines is 1. The molecule has 1 fully saturated rings. The molecule has 0 aliphatic carbocycles. The molecule has 2 aromatic carbocycles. The van der Waals surface area contributed by atoms with Gasteiger partial charge < -0.3 is 5.32 Å². The summed E-state index contributed by atoms with van der Waals surface area (Å²) in [4.78, 5) is 29.3. The van der Waals surface area contributed by atoms with Gasteiger partial charge in [0.15, 0.2) is 0 Å². The molecule has 1 aliphatic rings. The number of nitrogens with zero attached hydrogens (tertiary/aromatic N) is 3. The minimum atomic E-state index is -3.56. The van der Waals surface area contributed by atoms with E-state index in [1.54, 1.807) is 40.7 Å². The summed E-state index contributed by atoms with van der Waals surface area (Å²) in [7, 11) is -3.56. The van der Waals surface area contributed by atoms with Crippen molar-refractivity contribution >= 4 is 32.5 Å². The van der Waals surface area contributed by atoms with Gasteiger partial charge in [0.2, 0.25) is 15.9 Å². The van der Waals surface area contributed by atoms with Crippen molar-refractivity contribution < 1.29 is 13.2 Å². The van der Waals surface area contributed by atoms with Crippen LogP contribution in [-0.4, -0.2) is 40.8 Å². The van der Waals surface area contributed by atoms with E-state index in [0.29, 0.717) is 23.1 Å². The fourth-order valence-electron chi connectivity index (χ4n) is 3.85. The lowest BCUT2D eigenvalue weighted by atomic mass is 10.1. The summed E-state index contributed by atoms with van der Waals surface area (Å²) in [6.45, 7) is 2.26. The number of para-hydroxylation sites is 1. The van der Waals surface area contributed by atoms with E-state index < -0.39 is 15.9 Å². The molecule has 1 aliphatic heterocycles. The van der Waals surface area contributed by atoms with Crippen LogP contribution >= 0.6 is 0 Å². The summed E-state index contributed by atoms with van der Waals surface area (Å²) in [6.07, 6.45) is 4.10. The van der Waals surface area contributed by atoms with Crippen LogP contribution in [-0.2, 0) is 21.4 Å². The minimum Gasteiger partial charge on any atom is -0.325 e. The zero-order chi connectivity index (χ0) is 22.0. The first-order valence-electron chi connectivity index (χ1n) is 10.2. The fourth-order valence-corrected chi connectivity index (χ4v) is 5.55. The van der Waals surface area contributed by atoms with Crippen LogP contribution < -0.4 is 10.9 Å². The number of fused-ring (bicyclic) bond motifs is 1. The van der Waals surface area contributed by atoms with Crippen molar-refractivity contribution in [2.45, 2.75) is 43.7 Å². The van der Waals surface area contributed by atoms with E-state index in [9.17, 15) is 18.0 Å². The van der Waals surface area contributed by atoms with Crippen molar-refractivity contribution in [3.8, 4) is 0 Å². The van der Waals surface area contributed by atoms with Gasteiger partial charge in [0.1, 0.15) is 6.54 Å². The second-order valence-electron chi connectivity index (χ2n) is 7.73. The third-order valence-electron chi connectivity index (χ3n) is 5.53. The molecule has 1 N–H and O–H groups in total. The molecule has 4 rings (SSSR count). The summed E-state index contributed by atoms with van der Waals surface area (Å²) in [5, 5.41) is 3.14. The number of sulfonamides is 1. The molecule has 0 bridgehead atoms. The molecule has 1 unspecified atom stereocenters. The van der Waals surface area contributed by atoms with Crippen LogP contribution in [0.25, 0.3) is 10.9 Å². The standard InChI is InChI=1S/C22H24N4O4S/c1-16-6-4-5-13-26(16)31(29,30)18-11-9-17(10-12-18)24-21(27)14-25-15-23-20-8-3-2-7-19(20)22(25)28/h2-3,7-12,15-16H,4-6,13-14H2,1H3,(H,24,27). The fraction of sp³-hybridized carbons (Fsp3) is 0.318. The molecule has 8 nitrogen and oxygen atoms in total. The average Bonchev–Trinajstić information content (AvgIpc) is 2.76. The SMILES string of the molecule is CC1CCCCN1S(=O)(=O)c1ccc(NC(=O)Cn2cnc3ccccc3c2=O)cc1. The van der Waals surface area contributed by atoms with Gasteiger partial charge in [-0.15, -0.1) is 0 Å². The van der Waals surface area contributed by atoms with E-state index in [1.807, 2.05) is 6.92 Å². The summed E-state index contributed by atoms with van der Waals surface area (Å²) in [5.74, 6) is -0.403. The largest absolute Gasteiger partial charge is 0.325 e. The Labute approximate surface area is 180 Å². The zero-order valence-corrected chi connectivity index (χ0v) is 18.0. The van der Waals surface area contributed by atoms with Gasteiger partial charge in [-0.2, -0.15) is 4.31 Å². The summed E-state index contributed by atoms with van der Waals surface area (Å²) in [6, 6.07) is 13.0. The minimum absolute atomic E-state index is 0.0213. The second kappa shape index (κ2) is 8.60. The van der Waals surface area contributed by atoms with Crippen LogP contribution in [0, 0.1) is 0 Å². The zero-order valence-electron chi connectivity index (χ0n) is 17.2. The highest BCUT2D eigenvalue weighted by Crippen LogP contribution is 2.25. The predicted octanol–water partition coefficient (Wildman–Crippen LogP) is 2.60. The lowest BCUT2D eigenvalue weighted by Crippen LogP contribution is -2.41. The number of benzene rings is 2. The van der Waals surface area contributed by atoms with Crippen molar-refractivity contribution in [2.24, 2.45) is 0 Å². The van der Waals surface area contributed by atoms with E-state index in [4.69, 9.17) is 0 Å². The maximum Gasteiger partial charge on any atom is 0.261 e. The number of rotatable bonds is 5. The van der Waals surface area contributed by atoms with E-state index >= 15 is 0 Å². The number of aromatic nitrogens is 2. The Balaban J connectivity index is 1.46. The second-order valence-corrected chi connectivity index (χ2v) is 9.62. The maximum atomic E-state index is 12.9. The Morgan fingerprint density at radius 3 is 2.61 bits per heavy atom. The number of piperidine rings is 1. The van der Waals surface area contributed by atoms with E-state index in [0.717, 1.165) is 19.3 Å². The van der Waals surface area contributed by atoms with Gasteiger partial charge in [-0.05, 0) is 56.2 Å². The van der Waals surface area contributed by atoms with Gasteiger partial charge in [0.25, 0.3) is 5.56 Å². The van der Waals surface area contributed by atoms with Crippen LogP contribution in [0.4, 0.5) is 5.69 Å². The number of hydrogen-bond donors (Lipinski definition) is 1. The topological polar surface area (TPSA) is 101 Å². The number of carbonyl (C=O) groups excluding carboxylic acids is 1. The third-order valence-corrected chi connectivity index (χ3v) is 7.56. The van der Waals surface area contributed by atoms with Gasteiger partial charge >= 0.3 is 0 Å². The monoisotopic (exact) mass is 440 g/mol. The molecular formula is C22H24N4O4S. The quantitative estimate of drug-likeness (QED) is 0.657. The predicted molar refractivity (Wildman–Crippen MR) is 118 cm³/mol. The van der Waals surface area contributed by atoms with Crippen LogP contribution in [0.3, 0.4) is 0 Å². The molecule has 0 spiro atoms. The van der Waals surface area contributed by atoms with Crippen LogP contribution in [0.2, 0.25) is 0 Å². The highest BCUT2D eigenvalue weighted by molar-refractivity contribution is 7.89. The number of carbonyl (C=O) groups is 1. The maximum absolute atomic E-state index is 12.9. The Morgan fingerprint density at radius 2 is 1.87 bits per heavy atom. The van der Waals surface area contributed by atoms with Gasteiger partial charge in [-0.3, -0.25) is 14.2 Å². The molecule has 1 atom stereocenters. The highest BCUT2D eigenvalue weighted by Gasteiger charge is 2.30. The Hall–Kier alpha value is -3.04. The van der Waals surface area contributed by atoms with E-state index in [2.05, 4.69) is 10.3 Å². The van der Waals surface area contributed by atoms with Crippen LogP contribution in [0.15, 0.2) is 64.5 Å². The third kappa shape index (κ3) is 4.38. The van der Waals surface area contributed by atoms with Gasteiger partial charge in [-0.1, -0.05) is 18.6 Å². The molecule has 2 heterocycles. The van der Waals surface area contributed by atoms with Crippen molar-refractivity contribution in [3.05, 3.63) is 65.2 Å². The van der Waals surface area contributed by atoms with Crippen LogP contribution in [0.1, 0.15) is 26.2 Å². The molecule has 31 heavy (non-hydrogen) atoms. The van der Waals surface area contributed by atoms with Gasteiger partial charge in [0, 0.05) is 18.3 Å². The van der Waals surface area contributed by atoms with E-state index in [1.165, 1.54) is 23.0 Å². The molecule has 1 saturated heterocycles. The summed E-state index contributed by atoms with van der Waals surface area (Å²) in [5.41, 5.74) is 0.735. The number of hydrogen-bond acceptors (Lipinski definition) is 5. The van der Waals surface area contributed by atoms with Crippen LogP contribution in [0.5, 0.6) is 0 Å². The smallest absolute Gasteiger partial charge is 0.261 e. The van der Waals surface area contributed by atoms with Gasteiger partial charge in [0.05, 0.1) is 22.1 Å². The molecule has 1 amide bonds. The summed E-state index contributed by atoms with van der Waals surface area (Å²) >= 11 is 0. The Bertz CT molecular complexity index is 1270. The lowest BCUT2D eigenvalue weighted by Gasteiger charge is -2.32. The first-order chi connectivity index (χ1) is 14.9. The highest BCUT2D eigenvalue weighted by atomic mass is 32.2. The summed E-state index contributed by atoms with van der Waals surface area (Å²) < 4.78 is 28.6. The lowest BCUT2D eigenvalue weighted by molar-refractivity contribution is -0.116. The van der Waals surface area contributed by atoms with Crippen molar-refractivity contribution in [2.75, 3.05) is 11.9 Å². The van der Waals surface area contributed by atoms with Crippen molar-refractivity contribution in [1.29, 1.82) is 0 Å². The number of nitrogens with one attached hydrogen (secondary N) is 1. The molecule has 0 radical (unpaired) electrons. The first kappa shape index (κ1) is 21.2. The van der Waals surface area contributed by atoms with Crippen molar-refractivity contribution in [3.63, 3.8) is 0 Å². The molecular weight excluding hydrogens is 416 g/mol. The molecule has 9 heteroatoms. The Kier molecular flexibility index (Phi) is 5.88. The molecule has 162 valence electrons. The van der Waals surface area contributed by atoms with E-state index in [-0.39, 0.29) is 23.0 Å². The normalized spacial score (nSPS) is 17.5. The van der Waals surface area contributed by atoms with Crippen molar-refractivity contribution in [1.82, 2.24) is 13.9 Å². The van der Waals surface area contributed by atoms with Gasteiger partial charge in [-0.25, -0.2) is 13.4 Å². The average molecular weight is 441 g/mol.